The summed E-state index contributed by atoms with van der Waals surface area (Å²) in [5, 5.41) is 6.87. The van der Waals surface area contributed by atoms with E-state index < -0.39 is 11.9 Å². The molecule has 0 saturated carbocycles. The summed E-state index contributed by atoms with van der Waals surface area (Å²) in [4.78, 5) is 15.0. The molecule has 0 spiro atoms. The van der Waals surface area contributed by atoms with Gasteiger partial charge in [-0.2, -0.15) is 18.3 Å². The van der Waals surface area contributed by atoms with Crippen LogP contribution in [0.5, 0.6) is 0 Å². The molecule has 0 atom stereocenters. The molecular weight excluding hydrogens is 531 g/mol. The SMILES string of the molecule is O=C(Nc1ccc(Sc2ccccc2)cc1)c1ccc(-c2cc(C(F)(F)F)nn2-c2ccccc2Cl)cc1.[HH]. The Balaban J connectivity index is 0.00000353. The van der Waals surface area contributed by atoms with Gasteiger partial charge in [-0.3, -0.25) is 4.79 Å². The summed E-state index contributed by atoms with van der Waals surface area (Å²) in [5.74, 6) is -0.337. The van der Waals surface area contributed by atoms with Crippen LogP contribution in [0.3, 0.4) is 0 Å². The van der Waals surface area contributed by atoms with Crippen molar-refractivity contribution in [3.05, 3.63) is 125 Å². The molecule has 0 unspecified atom stereocenters. The van der Waals surface area contributed by atoms with Gasteiger partial charge in [-0.25, -0.2) is 4.68 Å². The number of hydrogen-bond acceptors (Lipinski definition) is 3. The fraction of sp³-hybridized carbons (Fsp3) is 0.0345. The Labute approximate surface area is 227 Å². The number of aromatic nitrogens is 2. The molecule has 0 radical (unpaired) electrons. The van der Waals surface area contributed by atoms with Crippen molar-refractivity contribution in [3.8, 4) is 16.9 Å². The van der Waals surface area contributed by atoms with Crippen molar-refractivity contribution < 1.29 is 19.4 Å². The van der Waals surface area contributed by atoms with Crippen LogP contribution in [0, 0.1) is 0 Å². The van der Waals surface area contributed by atoms with Crippen LogP contribution >= 0.6 is 23.4 Å². The lowest BCUT2D eigenvalue weighted by atomic mass is 10.1. The highest BCUT2D eigenvalue weighted by Crippen LogP contribution is 2.35. The lowest BCUT2D eigenvalue weighted by Crippen LogP contribution is -2.11. The Morgan fingerprint density at radius 1 is 0.842 bits per heavy atom. The molecule has 1 N–H and O–H groups in total. The number of rotatable bonds is 6. The van der Waals surface area contributed by atoms with Gasteiger partial charge in [-0.05, 0) is 66.7 Å². The van der Waals surface area contributed by atoms with Crippen LogP contribution in [0.4, 0.5) is 18.9 Å². The van der Waals surface area contributed by atoms with Gasteiger partial charge < -0.3 is 5.32 Å². The molecule has 0 fully saturated rings. The molecule has 0 saturated heterocycles. The highest BCUT2D eigenvalue weighted by Gasteiger charge is 2.35. The second-order valence-electron chi connectivity index (χ2n) is 8.25. The third-order valence-corrected chi connectivity index (χ3v) is 6.95. The molecule has 1 heterocycles. The van der Waals surface area contributed by atoms with Gasteiger partial charge in [0.15, 0.2) is 5.69 Å². The number of hydrogen-bond donors (Lipinski definition) is 1. The molecule has 38 heavy (non-hydrogen) atoms. The fourth-order valence-electron chi connectivity index (χ4n) is 3.76. The molecule has 0 bridgehead atoms. The van der Waals surface area contributed by atoms with Gasteiger partial charge in [0.25, 0.3) is 5.91 Å². The first kappa shape index (κ1) is 25.6. The fourth-order valence-corrected chi connectivity index (χ4v) is 4.81. The normalized spacial score (nSPS) is 11.4. The molecule has 4 nitrogen and oxygen atoms in total. The van der Waals surface area contributed by atoms with Gasteiger partial charge in [-0.1, -0.05) is 65.8 Å². The minimum absolute atomic E-state index is 0. The Morgan fingerprint density at radius 2 is 1.47 bits per heavy atom. The van der Waals surface area contributed by atoms with E-state index in [9.17, 15) is 18.0 Å². The maximum atomic E-state index is 13.5. The van der Waals surface area contributed by atoms with E-state index in [1.807, 2.05) is 54.6 Å². The van der Waals surface area contributed by atoms with E-state index >= 15 is 0 Å². The number of carbonyl (C=O) groups is 1. The molecule has 0 aliphatic carbocycles. The Bertz CT molecular complexity index is 1570. The van der Waals surface area contributed by atoms with Crippen molar-refractivity contribution in [2.24, 2.45) is 0 Å². The smallest absolute Gasteiger partial charge is 0.322 e. The van der Waals surface area contributed by atoms with E-state index in [0.29, 0.717) is 22.5 Å². The highest BCUT2D eigenvalue weighted by atomic mass is 35.5. The Kier molecular flexibility index (Phi) is 7.26. The molecule has 1 amide bonds. The van der Waals surface area contributed by atoms with E-state index in [1.54, 1.807) is 60.3 Å². The lowest BCUT2D eigenvalue weighted by molar-refractivity contribution is -0.141. The van der Waals surface area contributed by atoms with E-state index in [1.165, 1.54) is 0 Å². The third-order valence-electron chi connectivity index (χ3n) is 5.61. The van der Waals surface area contributed by atoms with Crippen molar-refractivity contribution in [2.75, 3.05) is 5.32 Å². The van der Waals surface area contributed by atoms with E-state index in [4.69, 9.17) is 11.6 Å². The summed E-state index contributed by atoms with van der Waals surface area (Å²) in [6.07, 6.45) is -4.63. The molecule has 192 valence electrons. The van der Waals surface area contributed by atoms with Crippen LogP contribution in [-0.4, -0.2) is 15.7 Å². The summed E-state index contributed by atoms with van der Waals surface area (Å²) in [6.45, 7) is 0. The molecule has 1 aromatic heterocycles. The van der Waals surface area contributed by atoms with Gasteiger partial charge in [0, 0.05) is 28.0 Å². The Morgan fingerprint density at radius 3 is 2.13 bits per heavy atom. The second kappa shape index (κ2) is 10.8. The van der Waals surface area contributed by atoms with Crippen LogP contribution in [0.25, 0.3) is 16.9 Å². The van der Waals surface area contributed by atoms with E-state index in [0.717, 1.165) is 20.5 Å². The van der Waals surface area contributed by atoms with Gasteiger partial charge in [0.1, 0.15) is 0 Å². The van der Waals surface area contributed by atoms with Crippen molar-refractivity contribution >= 4 is 35.0 Å². The molecule has 9 heteroatoms. The topological polar surface area (TPSA) is 46.9 Å². The maximum absolute atomic E-state index is 13.5. The number of anilines is 1. The second-order valence-corrected chi connectivity index (χ2v) is 9.80. The minimum Gasteiger partial charge on any atom is -0.322 e. The first-order valence-corrected chi connectivity index (χ1v) is 12.6. The van der Waals surface area contributed by atoms with Gasteiger partial charge in [0.05, 0.1) is 16.4 Å². The summed E-state index contributed by atoms with van der Waals surface area (Å²) in [7, 11) is 0. The molecule has 0 aliphatic rings. The zero-order valence-corrected chi connectivity index (χ0v) is 21.2. The molecule has 0 aliphatic heterocycles. The predicted molar refractivity (Wildman–Crippen MR) is 146 cm³/mol. The quantitative estimate of drug-likeness (QED) is 0.229. The van der Waals surface area contributed by atoms with Gasteiger partial charge >= 0.3 is 6.18 Å². The first-order valence-electron chi connectivity index (χ1n) is 11.4. The number of benzene rings is 4. The first-order chi connectivity index (χ1) is 18.3. The zero-order valence-electron chi connectivity index (χ0n) is 19.6. The average Bonchev–Trinajstić information content (AvgIpc) is 3.37. The summed E-state index contributed by atoms with van der Waals surface area (Å²) >= 11 is 7.86. The minimum atomic E-state index is -4.63. The molecule has 5 rings (SSSR count). The summed E-state index contributed by atoms with van der Waals surface area (Å²) in [5.41, 5.74) is 0.911. The zero-order chi connectivity index (χ0) is 26.7. The average molecular weight is 552 g/mol. The number of nitrogens with one attached hydrogen (secondary N) is 1. The van der Waals surface area contributed by atoms with Crippen molar-refractivity contribution in [1.29, 1.82) is 0 Å². The van der Waals surface area contributed by atoms with E-state index in [-0.39, 0.29) is 18.1 Å². The summed E-state index contributed by atoms with van der Waals surface area (Å²) in [6, 6.07) is 31.2. The summed E-state index contributed by atoms with van der Waals surface area (Å²) < 4.78 is 41.5. The molecular formula is C29H21ClF3N3OS. The van der Waals surface area contributed by atoms with Crippen LogP contribution in [-0.2, 0) is 6.18 Å². The maximum Gasteiger partial charge on any atom is 0.435 e. The number of nitrogens with zero attached hydrogens (tertiary/aromatic N) is 2. The number of carbonyl (C=O) groups excluding carboxylic acids is 1. The molecule has 4 aromatic carbocycles. The number of halogens is 4. The van der Waals surface area contributed by atoms with Crippen molar-refractivity contribution in [2.45, 2.75) is 16.0 Å². The van der Waals surface area contributed by atoms with Crippen LogP contribution < -0.4 is 5.32 Å². The van der Waals surface area contributed by atoms with Crippen LogP contribution in [0.2, 0.25) is 5.02 Å². The lowest BCUT2D eigenvalue weighted by Gasteiger charge is -2.10. The number of para-hydroxylation sites is 1. The predicted octanol–water partition coefficient (Wildman–Crippen LogP) is 8.86. The van der Waals surface area contributed by atoms with Crippen LogP contribution in [0.15, 0.2) is 119 Å². The molecule has 5 aromatic rings. The Hall–Kier alpha value is -4.01. The number of amides is 1. The largest absolute Gasteiger partial charge is 0.435 e. The number of alkyl halides is 3. The van der Waals surface area contributed by atoms with Crippen molar-refractivity contribution in [3.63, 3.8) is 0 Å². The standard InChI is InChI=1S/C29H19ClF3N3OS.H2/c30-24-8-4-5-9-25(24)36-26(18-27(35-36)29(31,32)33)19-10-12-20(13-11-19)28(37)34-21-14-16-23(17-15-21)38-22-6-2-1-3-7-22;/h1-18H,(H,34,37);1H. The van der Waals surface area contributed by atoms with Crippen molar-refractivity contribution in [1.82, 2.24) is 9.78 Å². The highest BCUT2D eigenvalue weighted by molar-refractivity contribution is 7.99. The van der Waals surface area contributed by atoms with E-state index in [2.05, 4.69) is 10.4 Å². The monoisotopic (exact) mass is 551 g/mol. The van der Waals surface area contributed by atoms with Gasteiger partial charge in [-0.15, -0.1) is 0 Å². The third kappa shape index (κ3) is 5.77. The van der Waals surface area contributed by atoms with Gasteiger partial charge in [0.2, 0.25) is 0 Å². The van der Waals surface area contributed by atoms with Crippen LogP contribution in [0.1, 0.15) is 17.5 Å².